The van der Waals surface area contributed by atoms with Gasteiger partial charge in [0.25, 0.3) is 0 Å². The standard InChI is InChI=1S/C13H24N2O4S/c1-2-5-14-12-9-19-8-11(12)13(16)15-10-3-6-20(17,18)7-4-10/h10-12,14H,2-9H2,1H3,(H,15,16). The van der Waals surface area contributed by atoms with Crippen LogP contribution in [0, 0.1) is 5.92 Å². The van der Waals surface area contributed by atoms with Crippen molar-refractivity contribution in [2.24, 2.45) is 5.92 Å². The SMILES string of the molecule is CCCNC1COCC1C(=O)NC1CCS(=O)(=O)CC1. The molecule has 2 unspecified atom stereocenters. The Balaban J connectivity index is 1.82. The first-order chi connectivity index (χ1) is 9.52. The van der Waals surface area contributed by atoms with E-state index in [1.807, 2.05) is 0 Å². The Morgan fingerprint density at radius 3 is 2.60 bits per heavy atom. The number of rotatable bonds is 5. The highest BCUT2D eigenvalue weighted by atomic mass is 32.2. The van der Waals surface area contributed by atoms with Crippen molar-refractivity contribution in [1.82, 2.24) is 10.6 Å². The van der Waals surface area contributed by atoms with Gasteiger partial charge in [0, 0.05) is 12.1 Å². The first-order valence-corrected chi connectivity index (χ1v) is 9.16. The van der Waals surface area contributed by atoms with Crippen molar-refractivity contribution >= 4 is 15.7 Å². The van der Waals surface area contributed by atoms with Crippen LogP contribution in [-0.2, 0) is 19.4 Å². The van der Waals surface area contributed by atoms with E-state index in [4.69, 9.17) is 4.74 Å². The zero-order valence-electron chi connectivity index (χ0n) is 11.9. The Kier molecular flexibility index (Phi) is 5.40. The molecule has 116 valence electrons. The van der Waals surface area contributed by atoms with E-state index < -0.39 is 9.84 Å². The van der Waals surface area contributed by atoms with E-state index in [1.54, 1.807) is 0 Å². The molecule has 0 radical (unpaired) electrons. The molecule has 2 rings (SSSR count). The fourth-order valence-corrected chi connectivity index (χ4v) is 4.18. The van der Waals surface area contributed by atoms with Gasteiger partial charge in [0.1, 0.15) is 9.84 Å². The van der Waals surface area contributed by atoms with E-state index in [9.17, 15) is 13.2 Å². The largest absolute Gasteiger partial charge is 0.379 e. The Labute approximate surface area is 120 Å². The third kappa shape index (κ3) is 4.17. The zero-order valence-corrected chi connectivity index (χ0v) is 12.7. The van der Waals surface area contributed by atoms with Crippen LogP contribution in [0.4, 0.5) is 0 Å². The molecule has 6 nitrogen and oxygen atoms in total. The quantitative estimate of drug-likeness (QED) is 0.728. The molecular weight excluding hydrogens is 280 g/mol. The Bertz CT molecular complexity index is 424. The number of carbonyl (C=O) groups is 1. The van der Waals surface area contributed by atoms with Crippen LogP contribution >= 0.6 is 0 Å². The summed E-state index contributed by atoms with van der Waals surface area (Å²) in [4.78, 5) is 12.3. The predicted molar refractivity (Wildman–Crippen MR) is 76.2 cm³/mol. The smallest absolute Gasteiger partial charge is 0.227 e. The van der Waals surface area contributed by atoms with Crippen molar-refractivity contribution in [3.8, 4) is 0 Å². The van der Waals surface area contributed by atoms with Crippen molar-refractivity contribution in [3.05, 3.63) is 0 Å². The molecule has 20 heavy (non-hydrogen) atoms. The summed E-state index contributed by atoms with van der Waals surface area (Å²) in [5, 5.41) is 6.31. The second-order valence-electron chi connectivity index (χ2n) is 5.64. The molecule has 2 fully saturated rings. The summed E-state index contributed by atoms with van der Waals surface area (Å²) in [7, 11) is -2.88. The molecular formula is C13H24N2O4S. The third-order valence-electron chi connectivity index (χ3n) is 3.97. The molecule has 0 bridgehead atoms. The molecule has 2 saturated heterocycles. The van der Waals surface area contributed by atoms with E-state index in [0.29, 0.717) is 26.1 Å². The summed E-state index contributed by atoms with van der Waals surface area (Å²) in [5.74, 6) is 0.174. The van der Waals surface area contributed by atoms with Crippen LogP contribution in [0.15, 0.2) is 0 Å². The minimum absolute atomic E-state index is 0.0135. The molecule has 2 N–H and O–H groups in total. The van der Waals surface area contributed by atoms with Gasteiger partial charge in [-0.3, -0.25) is 4.79 Å². The Morgan fingerprint density at radius 2 is 1.95 bits per heavy atom. The van der Waals surface area contributed by atoms with Crippen LogP contribution < -0.4 is 10.6 Å². The molecule has 7 heteroatoms. The summed E-state index contributed by atoms with van der Waals surface area (Å²) in [5.41, 5.74) is 0. The van der Waals surface area contributed by atoms with Gasteiger partial charge in [0.15, 0.2) is 0 Å². The normalized spacial score (nSPS) is 30.2. The minimum Gasteiger partial charge on any atom is -0.379 e. The van der Waals surface area contributed by atoms with E-state index in [2.05, 4.69) is 17.6 Å². The van der Waals surface area contributed by atoms with E-state index in [0.717, 1.165) is 13.0 Å². The number of nitrogens with one attached hydrogen (secondary N) is 2. The van der Waals surface area contributed by atoms with Crippen LogP contribution in [0.25, 0.3) is 0 Å². The summed E-state index contributed by atoms with van der Waals surface area (Å²) >= 11 is 0. The fourth-order valence-electron chi connectivity index (χ4n) is 2.69. The first kappa shape index (κ1) is 15.7. The second-order valence-corrected chi connectivity index (χ2v) is 7.94. The lowest BCUT2D eigenvalue weighted by Crippen LogP contribution is -2.48. The average Bonchev–Trinajstić information content (AvgIpc) is 2.87. The van der Waals surface area contributed by atoms with Crippen molar-refractivity contribution in [1.29, 1.82) is 0 Å². The van der Waals surface area contributed by atoms with Gasteiger partial charge in [0.2, 0.25) is 5.91 Å². The van der Waals surface area contributed by atoms with E-state index >= 15 is 0 Å². The summed E-state index contributed by atoms with van der Waals surface area (Å²) < 4.78 is 28.1. The van der Waals surface area contributed by atoms with Gasteiger partial charge >= 0.3 is 0 Å². The molecule has 2 aliphatic rings. The minimum atomic E-state index is -2.88. The maximum Gasteiger partial charge on any atom is 0.227 e. The second kappa shape index (κ2) is 6.87. The van der Waals surface area contributed by atoms with Crippen molar-refractivity contribution in [3.63, 3.8) is 0 Å². The number of amides is 1. The van der Waals surface area contributed by atoms with Crippen molar-refractivity contribution < 1.29 is 17.9 Å². The van der Waals surface area contributed by atoms with Gasteiger partial charge in [-0.2, -0.15) is 0 Å². The molecule has 0 aromatic rings. The maximum atomic E-state index is 12.3. The number of ether oxygens (including phenoxy) is 1. The lowest BCUT2D eigenvalue weighted by Gasteiger charge is -2.26. The van der Waals surface area contributed by atoms with Crippen LogP contribution in [0.5, 0.6) is 0 Å². The first-order valence-electron chi connectivity index (χ1n) is 7.34. The van der Waals surface area contributed by atoms with Gasteiger partial charge in [-0.25, -0.2) is 8.42 Å². The summed E-state index contributed by atoms with van der Waals surface area (Å²) in [6.45, 7) is 3.97. The number of sulfone groups is 1. The summed E-state index contributed by atoms with van der Waals surface area (Å²) in [6.07, 6.45) is 2.06. The lowest BCUT2D eigenvalue weighted by molar-refractivity contribution is -0.126. The van der Waals surface area contributed by atoms with Gasteiger partial charge in [-0.05, 0) is 25.8 Å². The van der Waals surface area contributed by atoms with Gasteiger partial charge in [-0.1, -0.05) is 6.92 Å². The van der Waals surface area contributed by atoms with Crippen molar-refractivity contribution in [2.75, 3.05) is 31.3 Å². The number of hydrogen-bond acceptors (Lipinski definition) is 5. The van der Waals surface area contributed by atoms with Crippen molar-refractivity contribution in [2.45, 2.75) is 38.3 Å². The molecule has 1 amide bonds. The highest BCUT2D eigenvalue weighted by molar-refractivity contribution is 7.91. The molecule has 0 aromatic carbocycles. The Hall–Kier alpha value is -0.660. The van der Waals surface area contributed by atoms with E-state index in [-0.39, 0.29) is 35.4 Å². The van der Waals surface area contributed by atoms with Gasteiger partial charge in [-0.15, -0.1) is 0 Å². The molecule has 0 aromatic heterocycles. The number of carbonyl (C=O) groups excluding carboxylic acids is 1. The highest BCUT2D eigenvalue weighted by Gasteiger charge is 2.35. The molecule has 2 aliphatic heterocycles. The monoisotopic (exact) mass is 304 g/mol. The van der Waals surface area contributed by atoms with Gasteiger partial charge in [0.05, 0.1) is 30.6 Å². The molecule has 2 heterocycles. The Morgan fingerprint density at radius 1 is 1.25 bits per heavy atom. The van der Waals surface area contributed by atoms with Crippen LogP contribution in [0.2, 0.25) is 0 Å². The lowest BCUT2D eigenvalue weighted by atomic mass is 10.0. The third-order valence-corrected chi connectivity index (χ3v) is 5.69. The molecule has 0 saturated carbocycles. The maximum absolute atomic E-state index is 12.3. The highest BCUT2D eigenvalue weighted by Crippen LogP contribution is 2.17. The molecule has 2 atom stereocenters. The van der Waals surface area contributed by atoms with Crippen LogP contribution in [0.1, 0.15) is 26.2 Å². The zero-order chi connectivity index (χ0) is 14.6. The van der Waals surface area contributed by atoms with Crippen LogP contribution in [-0.4, -0.2) is 57.7 Å². The number of hydrogen-bond donors (Lipinski definition) is 2. The topological polar surface area (TPSA) is 84.5 Å². The molecule has 0 spiro atoms. The molecule has 0 aliphatic carbocycles. The fraction of sp³-hybridized carbons (Fsp3) is 0.923. The van der Waals surface area contributed by atoms with E-state index in [1.165, 1.54) is 0 Å². The average molecular weight is 304 g/mol. The van der Waals surface area contributed by atoms with Crippen LogP contribution in [0.3, 0.4) is 0 Å². The van der Waals surface area contributed by atoms with Gasteiger partial charge < -0.3 is 15.4 Å². The predicted octanol–water partition coefficient (Wildman–Crippen LogP) is -0.306. The summed E-state index contributed by atoms with van der Waals surface area (Å²) in [6, 6.07) is 0.0562.